The topological polar surface area (TPSA) is 38.8 Å². The van der Waals surface area contributed by atoms with Crippen molar-refractivity contribution in [1.29, 1.82) is 0 Å². The van der Waals surface area contributed by atoms with Crippen LogP contribution >= 0.6 is 39.9 Å². The third-order valence-electron chi connectivity index (χ3n) is 4.40. The summed E-state index contributed by atoms with van der Waals surface area (Å²) in [7, 11) is 1.69. The van der Waals surface area contributed by atoms with Crippen LogP contribution < -0.4 is 9.47 Å². The van der Waals surface area contributed by atoms with Gasteiger partial charge in [-0.2, -0.15) is 0 Å². The Hall–Kier alpha value is -2.09. The van der Waals surface area contributed by atoms with Crippen LogP contribution in [0.15, 0.2) is 58.4 Å². The third-order valence-corrected chi connectivity index (χ3v) is 6.41. The van der Waals surface area contributed by atoms with E-state index in [0.717, 1.165) is 21.2 Å². The average molecular weight is 504 g/mol. The van der Waals surface area contributed by atoms with Gasteiger partial charge in [0, 0.05) is 17.1 Å². The minimum absolute atomic E-state index is 0.0937. The lowest BCUT2D eigenvalue weighted by atomic mass is 10.0. The molecule has 1 amide bonds. The number of ether oxygens (including phenoxy) is 2. The Morgan fingerprint density at radius 1 is 1.23 bits per heavy atom. The van der Waals surface area contributed by atoms with Crippen molar-refractivity contribution >= 4 is 56.2 Å². The molecule has 2 aromatic carbocycles. The van der Waals surface area contributed by atoms with E-state index in [1.165, 1.54) is 16.7 Å². The number of thioether (sulfide) groups is 1. The molecule has 0 aliphatic carbocycles. The molecular formula is C23H22BrNO3S2. The summed E-state index contributed by atoms with van der Waals surface area (Å²) >= 11 is 9.97. The quantitative estimate of drug-likeness (QED) is 0.251. The first-order chi connectivity index (χ1) is 14.4. The van der Waals surface area contributed by atoms with E-state index in [1.54, 1.807) is 7.05 Å². The van der Waals surface area contributed by atoms with Crippen molar-refractivity contribution in [2.45, 2.75) is 20.0 Å². The summed E-state index contributed by atoms with van der Waals surface area (Å²) in [6.45, 7) is 6.72. The Morgan fingerprint density at radius 3 is 2.57 bits per heavy atom. The lowest BCUT2D eigenvalue weighted by Crippen LogP contribution is -2.22. The van der Waals surface area contributed by atoms with Crippen LogP contribution in [0.25, 0.3) is 6.08 Å². The van der Waals surface area contributed by atoms with E-state index >= 15 is 0 Å². The van der Waals surface area contributed by atoms with E-state index in [1.807, 2.05) is 55.5 Å². The first-order valence-corrected chi connectivity index (χ1v) is 11.4. The number of likely N-dealkylation sites (N-methyl/N-ethyl adjacent to an activating group) is 1. The first kappa shape index (κ1) is 22.6. The molecule has 0 radical (unpaired) electrons. The van der Waals surface area contributed by atoms with Crippen LogP contribution in [0.3, 0.4) is 0 Å². The molecule has 7 heteroatoms. The van der Waals surface area contributed by atoms with Crippen molar-refractivity contribution in [3.05, 3.63) is 75.1 Å². The van der Waals surface area contributed by atoms with Gasteiger partial charge in [0.15, 0.2) is 11.5 Å². The van der Waals surface area contributed by atoms with E-state index in [2.05, 4.69) is 22.5 Å². The Morgan fingerprint density at radius 2 is 1.97 bits per heavy atom. The molecule has 0 N–H and O–H groups in total. The van der Waals surface area contributed by atoms with Crippen LogP contribution in [0, 0.1) is 0 Å². The highest BCUT2D eigenvalue weighted by Gasteiger charge is 2.28. The molecule has 30 heavy (non-hydrogen) atoms. The number of benzene rings is 2. The van der Waals surface area contributed by atoms with Crippen LogP contribution in [-0.4, -0.2) is 28.8 Å². The summed E-state index contributed by atoms with van der Waals surface area (Å²) in [4.78, 5) is 14.4. The summed E-state index contributed by atoms with van der Waals surface area (Å²) in [5.74, 6) is 1.25. The maximum Gasteiger partial charge on any atom is 0.265 e. The molecule has 1 heterocycles. The molecule has 1 aliphatic rings. The number of halogens is 1. The van der Waals surface area contributed by atoms with Gasteiger partial charge >= 0.3 is 0 Å². The highest BCUT2D eigenvalue weighted by molar-refractivity contribution is 9.10. The molecule has 0 aromatic heterocycles. The van der Waals surface area contributed by atoms with Gasteiger partial charge < -0.3 is 9.47 Å². The number of thiocarbonyl (C=S) groups is 1. The minimum Gasteiger partial charge on any atom is -0.490 e. The van der Waals surface area contributed by atoms with Crippen molar-refractivity contribution in [1.82, 2.24) is 4.90 Å². The summed E-state index contributed by atoms with van der Waals surface area (Å²) in [6, 6.07) is 11.9. The van der Waals surface area contributed by atoms with Crippen LogP contribution in [0.2, 0.25) is 0 Å². The monoisotopic (exact) mass is 503 g/mol. The Kier molecular flexibility index (Phi) is 7.75. The zero-order valence-electron chi connectivity index (χ0n) is 16.8. The van der Waals surface area contributed by atoms with Crippen molar-refractivity contribution in [2.24, 2.45) is 0 Å². The van der Waals surface area contributed by atoms with Crippen molar-refractivity contribution in [3.8, 4) is 11.5 Å². The van der Waals surface area contributed by atoms with Gasteiger partial charge in [0.25, 0.3) is 5.91 Å². The fourth-order valence-electron chi connectivity index (χ4n) is 2.93. The second kappa shape index (κ2) is 10.3. The lowest BCUT2D eigenvalue weighted by Gasteiger charge is -2.17. The summed E-state index contributed by atoms with van der Waals surface area (Å²) in [6.07, 6.45) is 4.29. The molecule has 156 valence electrons. The molecule has 0 bridgehead atoms. The van der Waals surface area contributed by atoms with Gasteiger partial charge in [0.2, 0.25) is 0 Å². The van der Waals surface area contributed by atoms with E-state index < -0.39 is 0 Å². The molecule has 0 unspecified atom stereocenters. The van der Waals surface area contributed by atoms with Crippen LogP contribution in [0.5, 0.6) is 11.5 Å². The van der Waals surface area contributed by atoms with Crippen LogP contribution in [-0.2, 0) is 17.8 Å². The largest absolute Gasteiger partial charge is 0.490 e. The molecule has 2 aromatic rings. The maximum absolute atomic E-state index is 12.4. The van der Waals surface area contributed by atoms with E-state index in [0.29, 0.717) is 40.4 Å². The van der Waals surface area contributed by atoms with E-state index in [-0.39, 0.29) is 5.91 Å². The number of carbonyl (C=O) groups is 1. The van der Waals surface area contributed by atoms with Gasteiger partial charge in [0.05, 0.1) is 11.5 Å². The predicted molar refractivity (Wildman–Crippen MR) is 131 cm³/mol. The maximum atomic E-state index is 12.4. The molecule has 1 saturated heterocycles. The van der Waals surface area contributed by atoms with E-state index in [9.17, 15) is 4.79 Å². The fraction of sp³-hybridized carbons (Fsp3) is 0.217. The lowest BCUT2D eigenvalue weighted by molar-refractivity contribution is -0.121. The standard InChI is InChI=1S/C23H22BrNO3S2/c1-4-6-17-11-16(13-20-22(26)25(3)23(29)30-20)12-19(27-5-2)21(17)28-14-15-7-9-18(24)10-8-15/h4,7-13H,1,5-6,14H2,2-3H3/b20-13+. The molecule has 1 fully saturated rings. The van der Waals surface area contributed by atoms with Gasteiger partial charge in [-0.3, -0.25) is 9.69 Å². The zero-order valence-corrected chi connectivity index (χ0v) is 20.0. The third kappa shape index (κ3) is 5.33. The van der Waals surface area contributed by atoms with Gasteiger partial charge in [0.1, 0.15) is 10.9 Å². The van der Waals surface area contributed by atoms with Gasteiger partial charge in [-0.25, -0.2) is 0 Å². The second-order valence-corrected chi connectivity index (χ2v) is 9.18. The molecular weight excluding hydrogens is 482 g/mol. The molecule has 4 nitrogen and oxygen atoms in total. The summed E-state index contributed by atoms with van der Waals surface area (Å²) in [5.41, 5.74) is 2.87. The van der Waals surface area contributed by atoms with Crippen LogP contribution in [0.4, 0.5) is 0 Å². The van der Waals surface area contributed by atoms with Gasteiger partial charge in [-0.1, -0.05) is 58.1 Å². The molecule has 0 spiro atoms. The Bertz CT molecular complexity index is 1000. The molecule has 0 saturated carbocycles. The van der Waals surface area contributed by atoms with Crippen LogP contribution in [0.1, 0.15) is 23.6 Å². The highest BCUT2D eigenvalue weighted by Crippen LogP contribution is 2.37. The van der Waals surface area contributed by atoms with Gasteiger partial charge in [-0.05, 0) is 54.8 Å². The number of rotatable bonds is 8. The molecule has 3 rings (SSSR count). The number of hydrogen-bond donors (Lipinski definition) is 0. The van der Waals surface area contributed by atoms with Crippen molar-refractivity contribution in [3.63, 3.8) is 0 Å². The average Bonchev–Trinajstić information content (AvgIpc) is 2.96. The molecule has 0 atom stereocenters. The normalized spacial score (nSPS) is 15.0. The fourth-order valence-corrected chi connectivity index (χ4v) is 4.38. The number of allylic oxidation sites excluding steroid dienone is 1. The Balaban J connectivity index is 1.95. The number of nitrogens with zero attached hydrogens (tertiary/aromatic N) is 1. The summed E-state index contributed by atoms with van der Waals surface area (Å²) < 4.78 is 13.6. The zero-order chi connectivity index (χ0) is 21.7. The predicted octanol–water partition coefficient (Wildman–Crippen LogP) is 5.99. The van der Waals surface area contributed by atoms with Crippen molar-refractivity contribution < 1.29 is 14.3 Å². The number of carbonyl (C=O) groups excluding carboxylic acids is 1. The molecule has 1 aliphatic heterocycles. The van der Waals surface area contributed by atoms with E-state index in [4.69, 9.17) is 21.7 Å². The second-order valence-electron chi connectivity index (χ2n) is 6.59. The summed E-state index contributed by atoms with van der Waals surface area (Å²) in [5, 5.41) is 0. The number of hydrogen-bond acceptors (Lipinski definition) is 5. The first-order valence-electron chi connectivity index (χ1n) is 9.42. The number of amides is 1. The van der Waals surface area contributed by atoms with Gasteiger partial charge in [-0.15, -0.1) is 6.58 Å². The smallest absolute Gasteiger partial charge is 0.265 e. The minimum atomic E-state index is -0.0937. The SMILES string of the molecule is C=CCc1cc(/C=C2/SC(=S)N(C)C2=O)cc(OCC)c1OCc1ccc(Br)cc1. The van der Waals surface area contributed by atoms with Crippen molar-refractivity contribution in [2.75, 3.05) is 13.7 Å². The highest BCUT2D eigenvalue weighted by atomic mass is 79.9. The Labute approximate surface area is 195 Å².